The van der Waals surface area contributed by atoms with Gasteiger partial charge in [-0.2, -0.15) is 0 Å². The van der Waals surface area contributed by atoms with Crippen molar-refractivity contribution in [1.82, 2.24) is 9.80 Å². The van der Waals surface area contributed by atoms with Crippen LogP contribution in [0.3, 0.4) is 0 Å². The van der Waals surface area contributed by atoms with E-state index in [2.05, 4.69) is 23.6 Å². The molecule has 1 atom stereocenters. The van der Waals surface area contributed by atoms with Gasteiger partial charge >= 0.3 is 5.97 Å². The molecule has 2 aliphatic heterocycles. The van der Waals surface area contributed by atoms with Crippen LogP contribution in [0.5, 0.6) is 0 Å². The van der Waals surface area contributed by atoms with Crippen LogP contribution in [0.1, 0.15) is 40.0 Å². The zero-order chi connectivity index (χ0) is 13.3. The molecule has 2 aliphatic rings. The average Bonchev–Trinajstić information content (AvgIpc) is 2.79. The van der Waals surface area contributed by atoms with E-state index in [1.165, 1.54) is 13.0 Å². The van der Waals surface area contributed by atoms with Crippen molar-refractivity contribution in [3.8, 4) is 0 Å². The second kappa shape index (κ2) is 5.17. The van der Waals surface area contributed by atoms with E-state index < -0.39 is 11.4 Å². The Labute approximate surface area is 110 Å². The van der Waals surface area contributed by atoms with Gasteiger partial charge in [0.15, 0.2) is 0 Å². The van der Waals surface area contributed by atoms with Crippen LogP contribution in [-0.2, 0) is 4.79 Å². The molecule has 0 aromatic carbocycles. The van der Waals surface area contributed by atoms with E-state index in [1.807, 2.05) is 6.92 Å². The van der Waals surface area contributed by atoms with Gasteiger partial charge in [-0.05, 0) is 53.1 Å². The van der Waals surface area contributed by atoms with Crippen molar-refractivity contribution in [3.05, 3.63) is 0 Å². The molecule has 4 heteroatoms. The van der Waals surface area contributed by atoms with Crippen molar-refractivity contribution in [2.45, 2.75) is 52.1 Å². The summed E-state index contributed by atoms with van der Waals surface area (Å²) in [5.74, 6) is -0.627. The number of likely N-dealkylation sites (tertiary alicyclic amines) is 2. The molecule has 0 bridgehead atoms. The van der Waals surface area contributed by atoms with Crippen molar-refractivity contribution < 1.29 is 9.90 Å². The fourth-order valence-corrected chi connectivity index (χ4v) is 3.13. The lowest BCUT2D eigenvalue weighted by Gasteiger charge is -2.39. The Kier molecular flexibility index (Phi) is 3.97. The highest BCUT2D eigenvalue weighted by Crippen LogP contribution is 2.33. The van der Waals surface area contributed by atoms with Crippen molar-refractivity contribution in [2.24, 2.45) is 5.41 Å². The summed E-state index contributed by atoms with van der Waals surface area (Å²) in [5.41, 5.74) is -0.493. The molecule has 0 radical (unpaired) electrons. The zero-order valence-electron chi connectivity index (χ0n) is 11.9. The lowest BCUT2D eigenvalue weighted by Crippen LogP contribution is -2.48. The number of nitrogens with zero attached hydrogens (tertiary/aromatic N) is 2. The Balaban J connectivity index is 1.86. The van der Waals surface area contributed by atoms with Crippen LogP contribution < -0.4 is 0 Å². The molecule has 2 fully saturated rings. The number of carbonyl (C=O) groups is 1. The first-order chi connectivity index (χ1) is 8.42. The third-order valence-corrected chi connectivity index (χ3v) is 4.86. The van der Waals surface area contributed by atoms with Crippen LogP contribution >= 0.6 is 0 Å². The highest BCUT2D eigenvalue weighted by molar-refractivity contribution is 5.74. The predicted octanol–water partition coefficient (Wildman–Crippen LogP) is 1.66. The standard InChI is InChI=1S/C14H26N2O2/c1-11(2)16-7-4-12(10-16)15-8-5-14(3,6-9-15)13(17)18/h11-12H,4-10H2,1-3H3,(H,17,18). The summed E-state index contributed by atoms with van der Waals surface area (Å²) in [7, 11) is 0. The fraction of sp³-hybridized carbons (Fsp3) is 0.929. The second-order valence-corrected chi connectivity index (χ2v) is 6.43. The van der Waals surface area contributed by atoms with Gasteiger partial charge in [-0.3, -0.25) is 14.6 Å². The molecule has 1 unspecified atom stereocenters. The number of carboxylic acids is 1. The Bertz CT molecular complexity index is 309. The molecule has 2 saturated heterocycles. The van der Waals surface area contributed by atoms with Crippen molar-refractivity contribution in [1.29, 1.82) is 0 Å². The number of aliphatic carboxylic acids is 1. The Morgan fingerprint density at radius 3 is 2.33 bits per heavy atom. The van der Waals surface area contributed by atoms with E-state index in [0.29, 0.717) is 12.1 Å². The number of piperidine rings is 1. The predicted molar refractivity (Wildman–Crippen MR) is 71.7 cm³/mol. The first-order valence-corrected chi connectivity index (χ1v) is 7.14. The molecule has 2 heterocycles. The van der Waals surface area contributed by atoms with Gasteiger partial charge in [0.2, 0.25) is 0 Å². The van der Waals surface area contributed by atoms with Gasteiger partial charge in [-0.15, -0.1) is 0 Å². The fourth-order valence-electron chi connectivity index (χ4n) is 3.13. The smallest absolute Gasteiger partial charge is 0.309 e. The third kappa shape index (κ3) is 2.69. The van der Waals surface area contributed by atoms with Gasteiger partial charge < -0.3 is 5.11 Å². The molecule has 2 rings (SSSR count). The van der Waals surface area contributed by atoms with Crippen molar-refractivity contribution >= 4 is 5.97 Å². The van der Waals surface area contributed by atoms with E-state index in [-0.39, 0.29) is 0 Å². The summed E-state index contributed by atoms with van der Waals surface area (Å²) >= 11 is 0. The zero-order valence-corrected chi connectivity index (χ0v) is 11.9. The number of hydrogen-bond acceptors (Lipinski definition) is 3. The molecule has 1 N–H and O–H groups in total. The van der Waals surface area contributed by atoms with Crippen LogP contribution in [-0.4, -0.2) is 59.1 Å². The summed E-state index contributed by atoms with van der Waals surface area (Å²) in [5, 5.41) is 9.24. The monoisotopic (exact) mass is 254 g/mol. The number of hydrogen-bond donors (Lipinski definition) is 1. The second-order valence-electron chi connectivity index (χ2n) is 6.43. The van der Waals surface area contributed by atoms with Crippen LogP contribution in [0.4, 0.5) is 0 Å². The third-order valence-electron chi connectivity index (χ3n) is 4.86. The summed E-state index contributed by atoms with van der Waals surface area (Å²) in [6, 6.07) is 1.27. The number of carboxylic acid groups (broad SMARTS) is 1. The molecule has 18 heavy (non-hydrogen) atoms. The van der Waals surface area contributed by atoms with Gasteiger partial charge in [-0.1, -0.05) is 0 Å². The lowest BCUT2D eigenvalue weighted by molar-refractivity contribution is -0.151. The van der Waals surface area contributed by atoms with Crippen LogP contribution in [0.15, 0.2) is 0 Å². The molecule has 0 aliphatic carbocycles. The minimum absolute atomic E-state index is 0.493. The van der Waals surface area contributed by atoms with Crippen LogP contribution in [0.25, 0.3) is 0 Å². The van der Waals surface area contributed by atoms with Crippen LogP contribution in [0.2, 0.25) is 0 Å². The highest BCUT2D eigenvalue weighted by Gasteiger charge is 2.39. The largest absolute Gasteiger partial charge is 0.481 e. The molecular weight excluding hydrogens is 228 g/mol. The molecule has 0 aromatic heterocycles. The Morgan fingerprint density at radius 1 is 1.28 bits per heavy atom. The molecule has 0 aromatic rings. The number of rotatable bonds is 3. The maximum absolute atomic E-state index is 11.2. The SMILES string of the molecule is CC(C)N1CCC(N2CCC(C)(C(=O)O)CC2)C1. The van der Waals surface area contributed by atoms with Gasteiger partial charge in [-0.25, -0.2) is 0 Å². The maximum atomic E-state index is 11.2. The topological polar surface area (TPSA) is 43.8 Å². The van der Waals surface area contributed by atoms with E-state index >= 15 is 0 Å². The Morgan fingerprint density at radius 2 is 1.89 bits per heavy atom. The normalized spacial score (nSPS) is 29.9. The summed E-state index contributed by atoms with van der Waals surface area (Å²) in [6.45, 7) is 10.6. The lowest BCUT2D eigenvalue weighted by atomic mass is 9.80. The summed E-state index contributed by atoms with van der Waals surface area (Å²) in [6.07, 6.45) is 2.82. The van der Waals surface area contributed by atoms with Gasteiger partial charge in [0.1, 0.15) is 0 Å². The molecule has 104 valence electrons. The van der Waals surface area contributed by atoms with Crippen molar-refractivity contribution in [3.63, 3.8) is 0 Å². The maximum Gasteiger partial charge on any atom is 0.309 e. The van der Waals surface area contributed by atoms with E-state index in [4.69, 9.17) is 0 Å². The van der Waals surface area contributed by atoms with Crippen molar-refractivity contribution in [2.75, 3.05) is 26.2 Å². The minimum Gasteiger partial charge on any atom is -0.481 e. The van der Waals surface area contributed by atoms with Crippen LogP contribution in [0, 0.1) is 5.41 Å². The quantitative estimate of drug-likeness (QED) is 0.832. The highest BCUT2D eigenvalue weighted by atomic mass is 16.4. The van der Waals surface area contributed by atoms with E-state index in [0.717, 1.165) is 32.5 Å². The van der Waals surface area contributed by atoms with Gasteiger partial charge in [0.05, 0.1) is 5.41 Å². The summed E-state index contributed by atoms with van der Waals surface area (Å²) in [4.78, 5) is 16.2. The molecule has 0 amide bonds. The van der Waals surface area contributed by atoms with E-state index in [1.54, 1.807) is 0 Å². The summed E-state index contributed by atoms with van der Waals surface area (Å²) < 4.78 is 0. The minimum atomic E-state index is -0.627. The Hall–Kier alpha value is -0.610. The molecule has 0 spiro atoms. The molecule has 0 saturated carbocycles. The van der Waals surface area contributed by atoms with Gasteiger partial charge in [0, 0.05) is 25.2 Å². The average molecular weight is 254 g/mol. The van der Waals surface area contributed by atoms with Gasteiger partial charge in [0.25, 0.3) is 0 Å². The first kappa shape index (κ1) is 13.8. The first-order valence-electron chi connectivity index (χ1n) is 7.14. The van der Waals surface area contributed by atoms with E-state index in [9.17, 15) is 9.90 Å². The molecule has 4 nitrogen and oxygen atoms in total. The molecular formula is C14H26N2O2.